The van der Waals surface area contributed by atoms with E-state index in [0.29, 0.717) is 12.2 Å². The molecule has 3 rings (SSSR count). The molecule has 2 aliphatic carbocycles. The van der Waals surface area contributed by atoms with Crippen LogP contribution in [0.25, 0.3) is 0 Å². The molecule has 0 heterocycles. The van der Waals surface area contributed by atoms with E-state index in [1.165, 1.54) is 77.0 Å². The molecule has 0 radical (unpaired) electrons. The maximum Gasteiger partial charge on any atom is 0.200 e. The second-order valence-corrected chi connectivity index (χ2v) is 10.6. The van der Waals surface area contributed by atoms with E-state index in [4.69, 9.17) is 4.74 Å². The molecule has 1 aromatic carbocycles. The molecule has 0 unspecified atom stereocenters. The van der Waals surface area contributed by atoms with Gasteiger partial charge in [-0.05, 0) is 80.2 Å². The maximum absolute atomic E-state index is 14.8. The van der Waals surface area contributed by atoms with Crippen LogP contribution < -0.4 is 4.74 Å². The summed E-state index contributed by atoms with van der Waals surface area (Å²) in [4.78, 5) is 0. The van der Waals surface area contributed by atoms with Crippen molar-refractivity contribution in [2.75, 3.05) is 6.61 Å². The van der Waals surface area contributed by atoms with Gasteiger partial charge < -0.3 is 4.74 Å². The average molecular weight is 449 g/mol. The zero-order valence-electron chi connectivity index (χ0n) is 20.6. The molecule has 32 heavy (non-hydrogen) atoms. The first-order valence-corrected chi connectivity index (χ1v) is 13.7. The van der Waals surface area contributed by atoms with Gasteiger partial charge in [0.25, 0.3) is 0 Å². The summed E-state index contributed by atoms with van der Waals surface area (Å²) in [6.07, 6.45) is 20.2. The van der Waals surface area contributed by atoms with Gasteiger partial charge in [-0.15, -0.1) is 0 Å². The first-order valence-electron chi connectivity index (χ1n) is 13.7. The minimum absolute atomic E-state index is 0.0653. The molecule has 3 heteroatoms. The van der Waals surface area contributed by atoms with Crippen LogP contribution in [0.4, 0.5) is 8.78 Å². The molecule has 2 saturated carbocycles. The van der Waals surface area contributed by atoms with Crippen molar-refractivity contribution in [2.24, 2.45) is 17.8 Å². The van der Waals surface area contributed by atoms with Crippen molar-refractivity contribution in [1.29, 1.82) is 0 Å². The van der Waals surface area contributed by atoms with Crippen LogP contribution in [-0.2, 0) is 0 Å². The third-order valence-electron chi connectivity index (χ3n) is 8.32. The predicted octanol–water partition coefficient (Wildman–Crippen LogP) is 9.58. The van der Waals surface area contributed by atoms with Crippen molar-refractivity contribution in [3.63, 3.8) is 0 Å². The molecule has 2 aliphatic rings. The van der Waals surface area contributed by atoms with E-state index < -0.39 is 11.6 Å². The summed E-state index contributed by atoms with van der Waals surface area (Å²) in [6, 6.07) is 3.41. The molecule has 0 bridgehead atoms. The van der Waals surface area contributed by atoms with Crippen molar-refractivity contribution < 1.29 is 13.5 Å². The van der Waals surface area contributed by atoms with Gasteiger partial charge in [0.2, 0.25) is 5.82 Å². The Morgan fingerprint density at radius 1 is 0.719 bits per heavy atom. The highest BCUT2D eigenvalue weighted by Crippen LogP contribution is 2.45. The van der Waals surface area contributed by atoms with Crippen molar-refractivity contribution in [1.82, 2.24) is 0 Å². The zero-order valence-corrected chi connectivity index (χ0v) is 20.6. The van der Waals surface area contributed by atoms with Crippen molar-refractivity contribution in [3.8, 4) is 5.75 Å². The second kappa shape index (κ2) is 13.6. The predicted molar refractivity (Wildman–Crippen MR) is 130 cm³/mol. The Bertz CT molecular complexity index is 657. The molecule has 0 amide bonds. The molecule has 2 fully saturated rings. The normalized spacial score (nSPS) is 26.2. The standard InChI is InChI=1S/C29H46F2O/c1-3-5-7-8-9-10-22-11-13-23(14-12-22)24-15-17-25(18-16-24)26-19-20-27(29(31)28(26)30)32-21-6-4-2/h19-20,22-25H,3-18,21H2,1-2H3. The van der Waals surface area contributed by atoms with E-state index in [1.54, 1.807) is 12.1 Å². The lowest BCUT2D eigenvalue weighted by Gasteiger charge is -2.38. The highest BCUT2D eigenvalue weighted by Gasteiger charge is 2.32. The summed E-state index contributed by atoms with van der Waals surface area (Å²) < 4.78 is 34.7. The van der Waals surface area contributed by atoms with Gasteiger partial charge in [0.05, 0.1) is 6.61 Å². The van der Waals surface area contributed by atoms with Crippen LogP contribution >= 0.6 is 0 Å². The number of rotatable bonds is 12. The quantitative estimate of drug-likeness (QED) is 0.289. The Balaban J connectivity index is 1.41. The Morgan fingerprint density at radius 3 is 2.00 bits per heavy atom. The summed E-state index contributed by atoms with van der Waals surface area (Å²) in [5, 5.41) is 0. The fourth-order valence-corrected chi connectivity index (χ4v) is 6.19. The van der Waals surface area contributed by atoms with Gasteiger partial charge in [-0.2, -0.15) is 4.39 Å². The highest BCUT2D eigenvalue weighted by atomic mass is 19.2. The topological polar surface area (TPSA) is 9.23 Å². The third-order valence-corrected chi connectivity index (χ3v) is 8.32. The van der Waals surface area contributed by atoms with Crippen LogP contribution in [0, 0.1) is 29.4 Å². The monoisotopic (exact) mass is 448 g/mol. The van der Waals surface area contributed by atoms with Gasteiger partial charge in [-0.1, -0.05) is 77.7 Å². The molecule has 0 aliphatic heterocycles. The first-order chi connectivity index (χ1) is 15.6. The highest BCUT2D eigenvalue weighted by molar-refractivity contribution is 5.33. The number of benzene rings is 1. The summed E-state index contributed by atoms with van der Waals surface area (Å²) >= 11 is 0. The molecule has 1 nitrogen and oxygen atoms in total. The molecular weight excluding hydrogens is 402 g/mol. The summed E-state index contributed by atoms with van der Waals surface area (Å²) in [7, 11) is 0. The van der Waals surface area contributed by atoms with Crippen molar-refractivity contribution >= 4 is 0 Å². The van der Waals surface area contributed by atoms with Crippen LogP contribution in [0.15, 0.2) is 12.1 Å². The van der Waals surface area contributed by atoms with E-state index in [1.807, 2.05) is 0 Å². The van der Waals surface area contributed by atoms with Gasteiger partial charge in [0.1, 0.15) is 0 Å². The number of hydrogen-bond acceptors (Lipinski definition) is 1. The SMILES string of the molecule is CCCCCCCC1CCC(C2CCC(c3ccc(OCCCC)c(F)c3F)CC2)CC1. The Morgan fingerprint density at radius 2 is 1.34 bits per heavy atom. The molecule has 0 aromatic heterocycles. The summed E-state index contributed by atoms with van der Waals surface area (Å²) in [6.45, 7) is 4.78. The van der Waals surface area contributed by atoms with Gasteiger partial charge in [-0.25, -0.2) is 4.39 Å². The Hall–Kier alpha value is -1.12. The van der Waals surface area contributed by atoms with E-state index in [0.717, 1.165) is 43.4 Å². The minimum atomic E-state index is -0.797. The molecule has 0 saturated heterocycles. The van der Waals surface area contributed by atoms with Crippen LogP contribution in [0.2, 0.25) is 0 Å². The van der Waals surface area contributed by atoms with E-state index >= 15 is 0 Å². The van der Waals surface area contributed by atoms with Crippen molar-refractivity contribution in [3.05, 3.63) is 29.3 Å². The zero-order chi connectivity index (χ0) is 22.8. The maximum atomic E-state index is 14.8. The Kier molecular flexibility index (Phi) is 10.8. The molecule has 1 aromatic rings. The average Bonchev–Trinajstić information content (AvgIpc) is 2.82. The largest absolute Gasteiger partial charge is 0.490 e. The fourth-order valence-electron chi connectivity index (χ4n) is 6.19. The lowest BCUT2D eigenvalue weighted by molar-refractivity contribution is 0.155. The lowest BCUT2D eigenvalue weighted by Crippen LogP contribution is -2.25. The van der Waals surface area contributed by atoms with Gasteiger partial charge >= 0.3 is 0 Å². The van der Waals surface area contributed by atoms with Crippen LogP contribution in [0.1, 0.15) is 128 Å². The van der Waals surface area contributed by atoms with E-state index in [2.05, 4.69) is 13.8 Å². The second-order valence-electron chi connectivity index (χ2n) is 10.6. The molecular formula is C29H46F2O. The molecule has 0 atom stereocenters. The van der Waals surface area contributed by atoms with Gasteiger partial charge in [-0.3, -0.25) is 0 Å². The van der Waals surface area contributed by atoms with E-state index in [-0.39, 0.29) is 11.7 Å². The number of halogens is 2. The Labute approximate surface area is 195 Å². The molecule has 0 N–H and O–H groups in total. The number of ether oxygens (including phenoxy) is 1. The van der Waals surface area contributed by atoms with Crippen LogP contribution in [0.3, 0.4) is 0 Å². The number of unbranched alkanes of at least 4 members (excludes halogenated alkanes) is 5. The number of hydrogen-bond donors (Lipinski definition) is 0. The van der Waals surface area contributed by atoms with Crippen LogP contribution in [-0.4, -0.2) is 6.61 Å². The van der Waals surface area contributed by atoms with Gasteiger partial charge in [0, 0.05) is 0 Å². The van der Waals surface area contributed by atoms with Crippen LogP contribution in [0.5, 0.6) is 5.75 Å². The van der Waals surface area contributed by atoms with E-state index in [9.17, 15) is 8.78 Å². The summed E-state index contributed by atoms with van der Waals surface area (Å²) in [5.41, 5.74) is 0.565. The van der Waals surface area contributed by atoms with Gasteiger partial charge in [0.15, 0.2) is 11.6 Å². The fraction of sp³-hybridized carbons (Fsp3) is 0.793. The third kappa shape index (κ3) is 7.19. The molecule has 0 spiro atoms. The summed E-state index contributed by atoms with van der Waals surface area (Å²) in [5.74, 6) is 1.36. The molecule has 182 valence electrons. The lowest BCUT2D eigenvalue weighted by atomic mass is 9.68. The smallest absolute Gasteiger partial charge is 0.200 e. The first kappa shape index (κ1) is 25.5. The van der Waals surface area contributed by atoms with Crippen molar-refractivity contribution in [2.45, 2.75) is 122 Å². The minimum Gasteiger partial charge on any atom is -0.490 e.